The summed E-state index contributed by atoms with van der Waals surface area (Å²) in [5, 5.41) is 11.9. The Morgan fingerprint density at radius 1 is 1.08 bits per heavy atom. The number of benzene rings is 2. The van der Waals surface area contributed by atoms with Crippen LogP contribution in [0.4, 0.5) is 11.4 Å². The van der Waals surface area contributed by atoms with Crippen molar-refractivity contribution in [1.82, 2.24) is 0 Å². The van der Waals surface area contributed by atoms with Crippen LogP contribution in [0.15, 0.2) is 42.5 Å². The van der Waals surface area contributed by atoms with Crippen LogP contribution in [0.1, 0.15) is 27.9 Å². The topological polar surface area (TPSA) is 86.7 Å². The van der Waals surface area contributed by atoms with Gasteiger partial charge in [0.05, 0.1) is 17.7 Å². The van der Waals surface area contributed by atoms with E-state index in [1.165, 1.54) is 17.0 Å². The summed E-state index contributed by atoms with van der Waals surface area (Å²) in [6.07, 6.45) is 0.0619. The number of carboxylic acid groups (broad SMARTS) is 1. The number of imide groups is 1. The van der Waals surface area contributed by atoms with E-state index >= 15 is 0 Å². The Bertz CT molecular complexity index is 858. The molecule has 2 N–H and O–H groups in total. The zero-order valence-corrected chi connectivity index (χ0v) is 13.9. The largest absolute Gasteiger partial charge is 0.478 e. The normalized spacial score (nSPS) is 17.0. The molecule has 1 unspecified atom stereocenters. The van der Waals surface area contributed by atoms with E-state index in [2.05, 4.69) is 5.32 Å². The fraction of sp³-hybridized carbons (Fsp3) is 0.211. The molecule has 0 saturated carbocycles. The number of aromatic carboxylic acids is 1. The first kappa shape index (κ1) is 16.7. The molecule has 1 aliphatic heterocycles. The second kappa shape index (κ2) is 6.39. The molecule has 128 valence electrons. The van der Waals surface area contributed by atoms with E-state index < -0.39 is 12.0 Å². The van der Waals surface area contributed by atoms with Crippen LogP contribution >= 0.6 is 0 Å². The number of carboxylic acids is 1. The summed E-state index contributed by atoms with van der Waals surface area (Å²) in [5.74, 6) is -1.58. The third-order valence-electron chi connectivity index (χ3n) is 4.37. The maximum absolute atomic E-state index is 12.6. The average molecular weight is 338 g/mol. The van der Waals surface area contributed by atoms with E-state index in [0.29, 0.717) is 11.4 Å². The first-order valence-electron chi connectivity index (χ1n) is 7.91. The van der Waals surface area contributed by atoms with Gasteiger partial charge in [0.2, 0.25) is 5.91 Å². The minimum Gasteiger partial charge on any atom is -0.478 e. The number of hydrogen-bond acceptors (Lipinski definition) is 4. The van der Waals surface area contributed by atoms with Gasteiger partial charge in [-0.3, -0.25) is 9.59 Å². The van der Waals surface area contributed by atoms with Crippen molar-refractivity contribution in [2.45, 2.75) is 26.3 Å². The van der Waals surface area contributed by atoms with E-state index in [4.69, 9.17) is 5.11 Å². The van der Waals surface area contributed by atoms with Crippen LogP contribution in [0, 0.1) is 13.8 Å². The Kier molecular flexibility index (Phi) is 4.27. The van der Waals surface area contributed by atoms with Crippen molar-refractivity contribution in [3.05, 3.63) is 59.2 Å². The summed E-state index contributed by atoms with van der Waals surface area (Å²) in [5.41, 5.74) is 3.44. The number of nitrogens with zero attached hydrogens (tertiary/aromatic N) is 1. The Morgan fingerprint density at radius 3 is 2.36 bits per heavy atom. The van der Waals surface area contributed by atoms with Crippen molar-refractivity contribution in [1.29, 1.82) is 0 Å². The van der Waals surface area contributed by atoms with Crippen LogP contribution in [0.25, 0.3) is 0 Å². The number of aryl methyl sites for hydroxylation is 2. The minimum atomic E-state index is -1.01. The van der Waals surface area contributed by atoms with E-state index in [1.807, 2.05) is 26.0 Å². The van der Waals surface area contributed by atoms with Crippen LogP contribution in [0.3, 0.4) is 0 Å². The fourth-order valence-corrected chi connectivity index (χ4v) is 2.79. The molecule has 0 aromatic heterocycles. The molecule has 0 aliphatic carbocycles. The van der Waals surface area contributed by atoms with Crippen molar-refractivity contribution in [2.24, 2.45) is 0 Å². The molecule has 2 aromatic carbocycles. The molecule has 2 amide bonds. The molecule has 1 atom stereocenters. The van der Waals surface area contributed by atoms with Gasteiger partial charge < -0.3 is 10.4 Å². The summed E-state index contributed by atoms with van der Waals surface area (Å²) >= 11 is 0. The van der Waals surface area contributed by atoms with Crippen LogP contribution in [0.2, 0.25) is 0 Å². The summed E-state index contributed by atoms with van der Waals surface area (Å²) in [7, 11) is 0. The van der Waals surface area contributed by atoms with Gasteiger partial charge in [-0.1, -0.05) is 6.07 Å². The van der Waals surface area contributed by atoms with E-state index in [9.17, 15) is 14.4 Å². The fourth-order valence-electron chi connectivity index (χ4n) is 2.79. The predicted molar refractivity (Wildman–Crippen MR) is 93.8 cm³/mol. The Morgan fingerprint density at radius 2 is 1.76 bits per heavy atom. The van der Waals surface area contributed by atoms with Gasteiger partial charge in [-0.2, -0.15) is 0 Å². The van der Waals surface area contributed by atoms with Crippen molar-refractivity contribution in [3.63, 3.8) is 0 Å². The van der Waals surface area contributed by atoms with Gasteiger partial charge in [0.25, 0.3) is 5.91 Å². The summed E-state index contributed by atoms with van der Waals surface area (Å²) in [4.78, 5) is 37.0. The molecule has 0 bridgehead atoms. The molecule has 0 radical (unpaired) electrons. The zero-order valence-electron chi connectivity index (χ0n) is 13.9. The second-order valence-corrected chi connectivity index (χ2v) is 6.12. The van der Waals surface area contributed by atoms with Gasteiger partial charge in [-0.05, 0) is 61.4 Å². The van der Waals surface area contributed by atoms with Gasteiger partial charge in [-0.25, -0.2) is 9.69 Å². The van der Waals surface area contributed by atoms with Gasteiger partial charge >= 0.3 is 5.97 Å². The molecule has 6 nitrogen and oxygen atoms in total. The highest BCUT2D eigenvalue weighted by Gasteiger charge is 2.39. The third kappa shape index (κ3) is 3.24. The van der Waals surface area contributed by atoms with Gasteiger partial charge in [0, 0.05) is 5.69 Å². The number of hydrogen-bond donors (Lipinski definition) is 2. The lowest BCUT2D eigenvalue weighted by Gasteiger charge is -2.17. The quantitative estimate of drug-likeness (QED) is 0.837. The highest BCUT2D eigenvalue weighted by molar-refractivity contribution is 6.23. The molecule has 1 heterocycles. The average Bonchev–Trinajstić information content (AvgIpc) is 2.85. The highest BCUT2D eigenvalue weighted by atomic mass is 16.4. The summed E-state index contributed by atoms with van der Waals surface area (Å²) in [6, 6.07) is 10.9. The predicted octanol–water partition coefficient (Wildman–Crippen LogP) is 2.75. The van der Waals surface area contributed by atoms with E-state index in [0.717, 1.165) is 11.1 Å². The number of nitrogens with one attached hydrogen (secondary N) is 1. The first-order valence-corrected chi connectivity index (χ1v) is 7.91. The lowest BCUT2D eigenvalue weighted by atomic mass is 10.1. The van der Waals surface area contributed by atoms with Crippen molar-refractivity contribution < 1.29 is 19.5 Å². The summed E-state index contributed by atoms with van der Waals surface area (Å²) in [6.45, 7) is 3.90. The smallest absolute Gasteiger partial charge is 0.335 e. The number of carbonyl (C=O) groups excluding carboxylic acids is 2. The van der Waals surface area contributed by atoms with Crippen LogP contribution in [0.5, 0.6) is 0 Å². The van der Waals surface area contributed by atoms with Crippen molar-refractivity contribution in [2.75, 3.05) is 10.2 Å². The molecule has 3 rings (SSSR count). The standard InChI is InChI=1S/C19H18N2O4/c1-11-3-8-15(9-12(11)2)21-17(22)10-16(18(21)23)20-14-6-4-13(5-7-14)19(24)25/h3-9,16,20H,10H2,1-2H3,(H,24,25). The molecular weight excluding hydrogens is 320 g/mol. The molecule has 1 fully saturated rings. The van der Waals surface area contributed by atoms with Gasteiger partial charge in [-0.15, -0.1) is 0 Å². The maximum Gasteiger partial charge on any atom is 0.335 e. The van der Waals surface area contributed by atoms with Crippen LogP contribution < -0.4 is 10.2 Å². The zero-order chi connectivity index (χ0) is 18.1. The minimum absolute atomic E-state index is 0.0619. The Labute approximate surface area is 145 Å². The van der Waals surface area contributed by atoms with Crippen LogP contribution in [-0.4, -0.2) is 28.9 Å². The molecule has 0 spiro atoms. The molecule has 1 aliphatic rings. The van der Waals surface area contributed by atoms with Crippen molar-refractivity contribution in [3.8, 4) is 0 Å². The molecule has 1 saturated heterocycles. The molecule has 25 heavy (non-hydrogen) atoms. The van der Waals surface area contributed by atoms with Gasteiger partial charge in [0.1, 0.15) is 6.04 Å². The lowest BCUT2D eigenvalue weighted by Crippen LogP contribution is -2.34. The highest BCUT2D eigenvalue weighted by Crippen LogP contribution is 2.26. The number of rotatable bonds is 4. The molecule has 2 aromatic rings. The summed E-state index contributed by atoms with van der Waals surface area (Å²) < 4.78 is 0. The molecular formula is C19H18N2O4. The molecule has 6 heteroatoms. The number of carbonyl (C=O) groups is 3. The van der Waals surface area contributed by atoms with Crippen LogP contribution in [-0.2, 0) is 9.59 Å². The van der Waals surface area contributed by atoms with Gasteiger partial charge in [0.15, 0.2) is 0 Å². The third-order valence-corrected chi connectivity index (χ3v) is 4.37. The number of anilines is 2. The monoisotopic (exact) mass is 338 g/mol. The van der Waals surface area contributed by atoms with E-state index in [-0.39, 0.29) is 23.8 Å². The first-order chi connectivity index (χ1) is 11.9. The number of amides is 2. The Hall–Kier alpha value is -3.15. The van der Waals surface area contributed by atoms with Crippen molar-refractivity contribution >= 4 is 29.2 Å². The lowest BCUT2D eigenvalue weighted by molar-refractivity contribution is -0.121. The maximum atomic E-state index is 12.6. The van der Waals surface area contributed by atoms with E-state index in [1.54, 1.807) is 18.2 Å². The second-order valence-electron chi connectivity index (χ2n) is 6.12. The SMILES string of the molecule is Cc1ccc(N2C(=O)CC(Nc3ccc(C(=O)O)cc3)C2=O)cc1C. The Balaban J connectivity index is 1.78.